The highest BCUT2D eigenvalue weighted by Crippen LogP contribution is 2.29. The van der Waals surface area contributed by atoms with Crippen LogP contribution in [-0.2, 0) is 32.5 Å². The molecule has 0 atom stereocenters. The van der Waals surface area contributed by atoms with Gasteiger partial charge in [-0.15, -0.1) is 0 Å². The standard InChI is InChI=1S/C30H29ClN6S/c31-26-12-6-5-9-23(26)18-32-30(38)35-29-33-27(36-15-13-21-7-1-3-10-24(21)19-36)17-28(34-29)37-16-14-22-8-2-4-11-25(22)20-37/h1-12,17H,13-16,18-20H2,(H2,32,33,34,35,38). The summed E-state index contributed by atoms with van der Waals surface area (Å²) in [6.07, 6.45) is 1.99. The second-order valence-corrected chi connectivity index (χ2v) is 10.5. The maximum atomic E-state index is 6.31. The minimum absolute atomic E-state index is 0.459. The van der Waals surface area contributed by atoms with Crippen molar-refractivity contribution in [1.29, 1.82) is 0 Å². The number of thiocarbonyl (C=S) groups is 1. The van der Waals surface area contributed by atoms with Gasteiger partial charge in [0.15, 0.2) is 5.11 Å². The predicted molar refractivity (Wildman–Crippen MR) is 159 cm³/mol. The largest absolute Gasteiger partial charge is 0.358 e. The molecular formula is C30H29ClN6S. The molecule has 0 amide bonds. The number of anilines is 3. The van der Waals surface area contributed by atoms with Gasteiger partial charge in [0.25, 0.3) is 0 Å². The van der Waals surface area contributed by atoms with Gasteiger partial charge in [-0.05, 0) is 58.9 Å². The molecule has 0 aliphatic carbocycles. The lowest BCUT2D eigenvalue weighted by Crippen LogP contribution is -2.34. The third kappa shape index (κ3) is 5.44. The second kappa shape index (κ2) is 11.0. The summed E-state index contributed by atoms with van der Waals surface area (Å²) in [7, 11) is 0. The lowest BCUT2D eigenvalue weighted by molar-refractivity contribution is 0.706. The summed E-state index contributed by atoms with van der Waals surface area (Å²) in [5, 5.41) is 7.64. The summed E-state index contributed by atoms with van der Waals surface area (Å²) in [6, 6.07) is 27.2. The molecular weight excluding hydrogens is 512 g/mol. The Labute approximate surface area is 233 Å². The van der Waals surface area contributed by atoms with E-state index in [9.17, 15) is 0 Å². The van der Waals surface area contributed by atoms with Crippen molar-refractivity contribution in [3.8, 4) is 0 Å². The van der Waals surface area contributed by atoms with E-state index in [4.69, 9.17) is 33.8 Å². The molecule has 0 spiro atoms. The van der Waals surface area contributed by atoms with Crippen LogP contribution in [-0.4, -0.2) is 28.2 Å². The third-order valence-electron chi connectivity index (χ3n) is 7.23. The van der Waals surface area contributed by atoms with E-state index >= 15 is 0 Å². The summed E-state index contributed by atoms with van der Waals surface area (Å²) in [5.41, 5.74) is 6.49. The summed E-state index contributed by atoms with van der Waals surface area (Å²) in [6.45, 7) is 3.98. The molecule has 0 unspecified atom stereocenters. The van der Waals surface area contributed by atoms with E-state index in [1.807, 2.05) is 24.3 Å². The first-order valence-electron chi connectivity index (χ1n) is 12.9. The molecule has 0 fully saturated rings. The van der Waals surface area contributed by atoms with E-state index in [-0.39, 0.29) is 0 Å². The highest BCUT2D eigenvalue weighted by molar-refractivity contribution is 7.80. The zero-order valence-electron chi connectivity index (χ0n) is 21.0. The van der Waals surface area contributed by atoms with Crippen molar-refractivity contribution in [1.82, 2.24) is 15.3 Å². The number of hydrogen-bond acceptors (Lipinski definition) is 5. The smallest absolute Gasteiger partial charge is 0.232 e. The maximum absolute atomic E-state index is 6.31. The topological polar surface area (TPSA) is 56.3 Å². The SMILES string of the molecule is S=C(NCc1ccccc1Cl)Nc1nc(N2CCc3ccccc3C2)cc(N2CCc3ccccc3C2)n1. The van der Waals surface area contributed by atoms with Gasteiger partial charge in [0.2, 0.25) is 5.95 Å². The van der Waals surface area contributed by atoms with Gasteiger partial charge >= 0.3 is 0 Å². The molecule has 3 aromatic carbocycles. The van der Waals surface area contributed by atoms with Crippen molar-refractivity contribution in [2.45, 2.75) is 32.5 Å². The van der Waals surface area contributed by atoms with Crippen molar-refractivity contribution in [3.05, 3.63) is 112 Å². The number of aromatic nitrogens is 2. The van der Waals surface area contributed by atoms with Crippen LogP contribution < -0.4 is 20.4 Å². The van der Waals surface area contributed by atoms with Crippen LogP contribution in [0.3, 0.4) is 0 Å². The van der Waals surface area contributed by atoms with Crippen LogP contribution >= 0.6 is 23.8 Å². The minimum atomic E-state index is 0.459. The molecule has 6 rings (SSSR count). The molecule has 0 saturated carbocycles. The van der Waals surface area contributed by atoms with Gasteiger partial charge in [-0.1, -0.05) is 78.3 Å². The molecule has 192 valence electrons. The van der Waals surface area contributed by atoms with Crippen molar-refractivity contribution < 1.29 is 0 Å². The Morgan fingerprint density at radius 1 is 0.763 bits per heavy atom. The normalized spacial score (nSPS) is 14.4. The number of nitrogens with zero attached hydrogens (tertiary/aromatic N) is 4. The van der Waals surface area contributed by atoms with Crippen LogP contribution in [0.15, 0.2) is 78.9 Å². The molecule has 4 aromatic rings. The van der Waals surface area contributed by atoms with Gasteiger partial charge < -0.3 is 20.4 Å². The van der Waals surface area contributed by atoms with Gasteiger partial charge in [-0.2, -0.15) is 9.97 Å². The lowest BCUT2D eigenvalue weighted by atomic mass is 9.99. The van der Waals surface area contributed by atoms with Gasteiger partial charge in [0.1, 0.15) is 11.6 Å². The Balaban J connectivity index is 1.26. The first kappa shape index (κ1) is 24.6. The molecule has 1 aromatic heterocycles. The van der Waals surface area contributed by atoms with Crippen LogP contribution in [0, 0.1) is 0 Å². The van der Waals surface area contributed by atoms with Crippen molar-refractivity contribution >= 4 is 46.5 Å². The van der Waals surface area contributed by atoms with Crippen molar-refractivity contribution in [2.75, 3.05) is 28.2 Å². The number of benzene rings is 3. The van der Waals surface area contributed by atoms with Gasteiger partial charge in [0, 0.05) is 43.8 Å². The first-order chi connectivity index (χ1) is 18.6. The molecule has 3 heterocycles. The minimum Gasteiger partial charge on any atom is -0.358 e. The fourth-order valence-corrected chi connectivity index (χ4v) is 5.51. The van der Waals surface area contributed by atoms with Crippen LogP contribution in [0.25, 0.3) is 0 Å². The van der Waals surface area contributed by atoms with Crippen LogP contribution in [0.5, 0.6) is 0 Å². The Kier molecular flexibility index (Phi) is 7.12. The quantitative estimate of drug-likeness (QED) is 0.313. The van der Waals surface area contributed by atoms with E-state index < -0.39 is 0 Å². The fraction of sp³-hybridized carbons (Fsp3) is 0.233. The predicted octanol–water partition coefficient (Wildman–Crippen LogP) is 5.74. The molecule has 2 aliphatic rings. The lowest BCUT2D eigenvalue weighted by Gasteiger charge is -2.33. The average molecular weight is 541 g/mol. The highest BCUT2D eigenvalue weighted by Gasteiger charge is 2.22. The Hall–Kier alpha value is -3.68. The molecule has 2 aliphatic heterocycles. The molecule has 0 bridgehead atoms. The van der Waals surface area contributed by atoms with Crippen molar-refractivity contribution in [2.24, 2.45) is 0 Å². The summed E-state index contributed by atoms with van der Waals surface area (Å²) >= 11 is 11.9. The van der Waals surface area contributed by atoms with Crippen LogP contribution in [0.4, 0.5) is 17.6 Å². The Morgan fingerprint density at radius 2 is 1.29 bits per heavy atom. The maximum Gasteiger partial charge on any atom is 0.232 e. The molecule has 38 heavy (non-hydrogen) atoms. The molecule has 2 N–H and O–H groups in total. The number of rotatable bonds is 5. The average Bonchev–Trinajstić information content (AvgIpc) is 2.96. The van der Waals surface area contributed by atoms with E-state index in [2.05, 4.69) is 75.0 Å². The van der Waals surface area contributed by atoms with Gasteiger partial charge in [0.05, 0.1) is 0 Å². The van der Waals surface area contributed by atoms with Crippen LogP contribution in [0.1, 0.15) is 27.8 Å². The molecule has 0 saturated heterocycles. The molecule has 6 nitrogen and oxygen atoms in total. The number of hydrogen-bond donors (Lipinski definition) is 2. The molecule has 8 heteroatoms. The second-order valence-electron chi connectivity index (χ2n) is 9.69. The zero-order chi connectivity index (χ0) is 25.9. The number of halogens is 1. The third-order valence-corrected chi connectivity index (χ3v) is 7.85. The Morgan fingerprint density at radius 3 is 1.87 bits per heavy atom. The first-order valence-corrected chi connectivity index (χ1v) is 13.7. The monoisotopic (exact) mass is 540 g/mol. The van der Waals surface area contributed by atoms with Gasteiger partial charge in [-0.3, -0.25) is 0 Å². The highest BCUT2D eigenvalue weighted by atomic mass is 35.5. The molecule has 0 radical (unpaired) electrons. The zero-order valence-corrected chi connectivity index (χ0v) is 22.6. The van der Waals surface area contributed by atoms with Crippen LogP contribution in [0.2, 0.25) is 5.02 Å². The van der Waals surface area contributed by atoms with E-state index in [1.165, 1.54) is 22.3 Å². The van der Waals surface area contributed by atoms with E-state index in [0.717, 1.165) is 56.2 Å². The number of fused-ring (bicyclic) bond motifs is 2. The van der Waals surface area contributed by atoms with Gasteiger partial charge in [-0.25, -0.2) is 0 Å². The summed E-state index contributed by atoms with van der Waals surface area (Å²) in [4.78, 5) is 14.5. The van der Waals surface area contributed by atoms with E-state index in [0.29, 0.717) is 22.6 Å². The summed E-state index contributed by atoms with van der Waals surface area (Å²) < 4.78 is 0. The number of nitrogens with one attached hydrogen (secondary N) is 2. The Bertz CT molecular complexity index is 1400. The van der Waals surface area contributed by atoms with E-state index in [1.54, 1.807) is 0 Å². The fourth-order valence-electron chi connectivity index (χ4n) is 5.15. The van der Waals surface area contributed by atoms with Crippen molar-refractivity contribution in [3.63, 3.8) is 0 Å². The summed E-state index contributed by atoms with van der Waals surface area (Å²) in [5.74, 6) is 2.30.